The molecule has 4 rings (SSSR count). The van der Waals surface area contributed by atoms with Crippen molar-refractivity contribution in [3.05, 3.63) is 131 Å². The number of hydrogen-bond donors (Lipinski definition) is 0. The second-order valence-corrected chi connectivity index (χ2v) is 14.5. The van der Waals surface area contributed by atoms with E-state index < -0.39 is 0 Å². The van der Waals surface area contributed by atoms with E-state index in [1.165, 1.54) is 22.3 Å². The first-order valence-electron chi connectivity index (χ1n) is 19.0. The van der Waals surface area contributed by atoms with Crippen LogP contribution in [0.3, 0.4) is 0 Å². The lowest BCUT2D eigenvalue weighted by Crippen LogP contribution is -2.20. The molecule has 51 heavy (non-hydrogen) atoms. The molecule has 5 nitrogen and oxygen atoms in total. The molecule has 0 amide bonds. The number of para-hydroxylation sites is 2. The normalized spacial score (nSPS) is 12.5. The lowest BCUT2D eigenvalue weighted by atomic mass is 9.97. The highest BCUT2D eigenvalue weighted by Gasteiger charge is 2.26. The Labute approximate surface area is 309 Å². The van der Waals surface area contributed by atoms with E-state index in [1.807, 2.05) is 48.5 Å². The summed E-state index contributed by atoms with van der Waals surface area (Å²) in [5, 5.41) is 0. The summed E-state index contributed by atoms with van der Waals surface area (Å²) >= 11 is 0. The molecule has 0 fully saturated rings. The molecule has 4 aromatic rings. The minimum atomic E-state index is -0.0930. The molecule has 2 atom stereocenters. The summed E-state index contributed by atoms with van der Waals surface area (Å²) in [6.07, 6.45) is 1.92. The van der Waals surface area contributed by atoms with Crippen molar-refractivity contribution in [2.75, 3.05) is 39.6 Å². The summed E-state index contributed by atoms with van der Waals surface area (Å²) in [6, 6.07) is 37.3. The van der Waals surface area contributed by atoms with E-state index in [4.69, 9.17) is 23.7 Å². The second-order valence-electron chi connectivity index (χ2n) is 14.5. The Kier molecular flexibility index (Phi) is 19.5. The highest BCUT2D eigenvalue weighted by atomic mass is 16.5. The topological polar surface area (TPSA) is 46.2 Å². The zero-order chi connectivity index (χ0) is 36.8. The van der Waals surface area contributed by atoms with E-state index >= 15 is 0 Å². The monoisotopic (exact) mass is 696 g/mol. The van der Waals surface area contributed by atoms with Gasteiger partial charge in [-0.2, -0.15) is 0 Å². The number of rotatable bonds is 21. The first-order chi connectivity index (χ1) is 24.7. The van der Waals surface area contributed by atoms with Gasteiger partial charge in [-0.3, -0.25) is 0 Å². The molecule has 0 heterocycles. The van der Waals surface area contributed by atoms with Gasteiger partial charge in [0.2, 0.25) is 0 Å². The van der Waals surface area contributed by atoms with Crippen molar-refractivity contribution in [3.63, 3.8) is 0 Å². The standard InChI is InChI=1S/C24H34O2.C22H30O3/c1-19(2)15-17-25-23(21-11-7-5-8-12-21)24(26-18-16-20(3)4)22-13-9-6-10-14-22;1-17(2)19-9-5-7-11-21(19)24-15-13-23-14-16-25-22-12-8-6-10-20(22)18(3)4/h5-14,19-20,23-24H,15-18H2,1-4H3;5-12,17-18H,13-16H2,1-4H3. The van der Waals surface area contributed by atoms with Crippen molar-refractivity contribution >= 4 is 0 Å². The average Bonchev–Trinajstić information content (AvgIpc) is 3.13. The van der Waals surface area contributed by atoms with E-state index in [2.05, 4.69) is 116 Å². The summed E-state index contributed by atoms with van der Waals surface area (Å²) in [7, 11) is 0. The van der Waals surface area contributed by atoms with Crippen molar-refractivity contribution in [1.29, 1.82) is 0 Å². The van der Waals surface area contributed by atoms with Gasteiger partial charge in [-0.1, -0.05) is 152 Å². The van der Waals surface area contributed by atoms with Crippen molar-refractivity contribution in [2.24, 2.45) is 11.8 Å². The molecular weight excluding hydrogens is 633 g/mol. The van der Waals surface area contributed by atoms with Crippen LogP contribution in [0.1, 0.15) is 115 Å². The Balaban J connectivity index is 0.000000276. The molecule has 0 aromatic heterocycles. The second kappa shape index (κ2) is 23.8. The minimum Gasteiger partial charge on any atom is -0.491 e. The molecule has 0 spiro atoms. The van der Waals surface area contributed by atoms with Crippen LogP contribution < -0.4 is 9.47 Å². The molecule has 2 unspecified atom stereocenters. The predicted octanol–water partition coefficient (Wildman–Crippen LogP) is 12.0. The van der Waals surface area contributed by atoms with E-state index in [0.29, 0.717) is 50.1 Å². The molecule has 0 bridgehead atoms. The fourth-order valence-corrected chi connectivity index (χ4v) is 5.56. The summed E-state index contributed by atoms with van der Waals surface area (Å²) in [6.45, 7) is 21.3. The Morgan fingerprint density at radius 1 is 0.392 bits per heavy atom. The van der Waals surface area contributed by atoms with Crippen LogP contribution >= 0.6 is 0 Å². The van der Waals surface area contributed by atoms with Crippen LogP contribution in [0, 0.1) is 11.8 Å². The number of ether oxygens (including phenoxy) is 5. The smallest absolute Gasteiger partial charge is 0.122 e. The largest absolute Gasteiger partial charge is 0.491 e. The van der Waals surface area contributed by atoms with E-state index in [-0.39, 0.29) is 12.2 Å². The van der Waals surface area contributed by atoms with Crippen LogP contribution in [0.4, 0.5) is 0 Å². The van der Waals surface area contributed by atoms with Crippen LogP contribution in [0.2, 0.25) is 0 Å². The Bertz CT molecular complexity index is 1340. The van der Waals surface area contributed by atoms with Crippen molar-refractivity contribution in [1.82, 2.24) is 0 Å². The van der Waals surface area contributed by atoms with Gasteiger partial charge in [0.15, 0.2) is 0 Å². The molecule has 0 saturated carbocycles. The summed E-state index contributed by atoms with van der Waals surface area (Å²) in [4.78, 5) is 0. The highest BCUT2D eigenvalue weighted by molar-refractivity contribution is 5.36. The lowest BCUT2D eigenvalue weighted by molar-refractivity contribution is -0.0822. The Morgan fingerprint density at radius 2 is 0.745 bits per heavy atom. The molecule has 0 aliphatic rings. The van der Waals surface area contributed by atoms with Gasteiger partial charge in [-0.25, -0.2) is 0 Å². The van der Waals surface area contributed by atoms with Crippen molar-refractivity contribution < 1.29 is 23.7 Å². The zero-order valence-electron chi connectivity index (χ0n) is 32.6. The third-order valence-electron chi connectivity index (χ3n) is 8.57. The van der Waals surface area contributed by atoms with Crippen molar-refractivity contribution in [3.8, 4) is 11.5 Å². The number of benzene rings is 4. The molecular formula is C46H64O5. The third-order valence-corrected chi connectivity index (χ3v) is 8.57. The van der Waals surface area contributed by atoms with E-state index in [0.717, 1.165) is 37.6 Å². The molecule has 0 saturated heterocycles. The van der Waals surface area contributed by atoms with Crippen LogP contribution in [0.15, 0.2) is 109 Å². The molecule has 5 heteroatoms. The third kappa shape index (κ3) is 15.6. The Morgan fingerprint density at radius 3 is 1.10 bits per heavy atom. The van der Waals surface area contributed by atoms with Gasteiger partial charge in [0.05, 0.1) is 13.2 Å². The maximum atomic E-state index is 6.39. The quantitative estimate of drug-likeness (QED) is 0.0812. The van der Waals surface area contributed by atoms with Gasteiger partial charge in [0.25, 0.3) is 0 Å². The highest BCUT2D eigenvalue weighted by Crippen LogP contribution is 2.36. The van der Waals surface area contributed by atoms with Crippen LogP contribution in [0.5, 0.6) is 11.5 Å². The van der Waals surface area contributed by atoms with Crippen LogP contribution in [0.25, 0.3) is 0 Å². The van der Waals surface area contributed by atoms with Gasteiger partial charge in [0.1, 0.15) is 36.9 Å². The maximum Gasteiger partial charge on any atom is 0.122 e. The maximum absolute atomic E-state index is 6.39. The molecule has 4 aromatic carbocycles. The van der Waals surface area contributed by atoms with Crippen molar-refractivity contribution in [2.45, 2.75) is 92.3 Å². The lowest BCUT2D eigenvalue weighted by Gasteiger charge is -2.29. The van der Waals surface area contributed by atoms with Gasteiger partial charge in [-0.05, 0) is 70.9 Å². The van der Waals surface area contributed by atoms with E-state index in [1.54, 1.807) is 0 Å². The van der Waals surface area contributed by atoms with Gasteiger partial charge < -0.3 is 23.7 Å². The summed E-state index contributed by atoms with van der Waals surface area (Å²) in [5.41, 5.74) is 4.82. The molecule has 278 valence electrons. The van der Waals surface area contributed by atoms with Crippen LogP contribution in [-0.2, 0) is 14.2 Å². The predicted molar refractivity (Wildman–Crippen MR) is 212 cm³/mol. The fraction of sp³-hybridized carbons (Fsp3) is 0.478. The molecule has 0 radical (unpaired) electrons. The fourth-order valence-electron chi connectivity index (χ4n) is 5.56. The minimum absolute atomic E-state index is 0.0930. The van der Waals surface area contributed by atoms with E-state index in [9.17, 15) is 0 Å². The first-order valence-corrected chi connectivity index (χ1v) is 19.0. The molecule has 0 aliphatic carbocycles. The average molecular weight is 697 g/mol. The molecule has 0 N–H and O–H groups in total. The first kappa shape index (κ1) is 41.8. The Hall–Kier alpha value is -3.64. The summed E-state index contributed by atoms with van der Waals surface area (Å²) < 4.78 is 30.1. The SMILES string of the molecule is CC(C)CCOC(c1ccccc1)C(OCCC(C)C)c1ccccc1.CC(C)c1ccccc1OCCOCCOc1ccccc1C(C)C. The van der Waals surface area contributed by atoms with Crippen LogP contribution in [-0.4, -0.2) is 39.6 Å². The zero-order valence-corrected chi connectivity index (χ0v) is 32.6. The summed E-state index contributed by atoms with van der Waals surface area (Å²) in [5.74, 6) is 4.05. The van der Waals surface area contributed by atoms with Gasteiger partial charge >= 0.3 is 0 Å². The molecule has 0 aliphatic heterocycles. The van der Waals surface area contributed by atoms with Gasteiger partial charge in [0, 0.05) is 13.2 Å². The number of hydrogen-bond acceptors (Lipinski definition) is 5. The van der Waals surface area contributed by atoms with Gasteiger partial charge in [-0.15, -0.1) is 0 Å².